The third-order valence-corrected chi connectivity index (χ3v) is 8.16. The van der Waals surface area contributed by atoms with Gasteiger partial charge in [-0.1, -0.05) is 63.4 Å². The molecule has 3 aliphatic rings. The first-order valence-electron chi connectivity index (χ1n) is 9.00. The first-order valence-corrected chi connectivity index (χ1v) is 11.9. The maximum Gasteiger partial charge on any atom is 1.00 e. The summed E-state index contributed by atoms with van der Waals surface area (Å²) in [6.07, 6.45) is 11.8. The predicted octanol–water partition coefficient (Wildman–Crippen LogP) is 2.33. The standard InChI is InChI=1S/C20H31N2Si.Li/c1-15-18(22-13-9-10-14-22)16-11-7-8-12-17(16)19(15)23(5,6)21-20(2,3)4;/h7-8,11-12,16H,9-10,13-14H2,1-6H3;/q-1;+1. The van der Waals surface area contributed by atoms with Gasteiger partial charge in [0.05, 0.1) is 0 Å². The van der Waals surface area contributed by atoms with Crippen molar-refractivity contribution in [3.63, 3.8) is 0 Å². The minimum Gasteiger partial charge on any atom is -0.656 e. The van der Waals surface area contributed by atoms with Crippen LogP contribution < -0.4 is 18.9 Å². The third-order valence-electron chi connectivity index (χ3n) is 5.04. The third kappa shape index (κ3) is 3.70. The summed E-state index contributed by atoms with van der Waals surface area (Å²) in [4.78, 5) is 7.93. The molecule has 0 bridgehead atoms. The Morgan fingerprint density at radius 3 is 2.33 bits per heavy atom. The van der Waals surface area contributed by atoms with E-state index in [1.807, 2.05) is 0 Å². The molecule has 0 amide bonds. The van der Waals surface area contributed by atoms with Crippen molar-refractivity contribution in [1.82, 2.24) is 4.90 Å². The summed E-state index contributed by atoms with van der Waals surface area (Å²) in [6, 6.07) is 0. The van der Waals surface area contributed by atoms with Crippen LogP contribution in [-0.2, 0) is 0 Å². The van der Waals surface area contributed by atoms with E-state index < -0.39 is 8.24 Å². The van der Waals surface area contributed by atoms with Crippen LogP contribution in [-0.4, -0.2) is 31.8 Å². The van der Waals surface area contributed by atoms with Crippen LogP contribution in [0.2, 0.25) is 13.1 Å². The van der Waals surface area contributed by atoms with E-state index in [-0.39, 0.29) is 24.4 Å². The van der Waals surface area contributed by atoms with E-state index in [0.29, 0.717) is 5.92 Å². The monoisotopic (exact) mass is 334 g/mol. The van der Waals surface area contributed by atoms with E-state index in [9.17, 15) is 0 Å². The van der Waals surface area contributed by atoms with Crippen molar-refractivity contribution >= 4 is 8.24 Å². The molecule has 3 rings (SSSR count). The molecule has 1 atom stereocenters. The fraction of sp³-hybridized carbons (Fsp3) is 0.600. The Hall–Kier alpha value is -0.466. The topological polar surface area (TPSA) is 17.3 Å². The molecule has 1 unspecified atom stereocenters. The van der Waals surface area contributed by atoms with E-state index in [1.165, 1.54) is 37.1 Å². The summed E-state index contributed by atoms with van der Waals surface area (Å²) in [7, 11) is -1.83. The smallest absolute Gasteiger partial charge is 0.656 e. The second kappa shape index (κ2) is 7.04. The first-order chi connectivity index (χ1) is 10.7. The molecule has 0 N–H and O–H groups in total. The number of allylic oxidation sites excluding steroid dienone is 6. The molecule has 0 aromatic carbocycles. The molecule has 126 valence electrons. The number of hydrogen-bond donors (Lipinski definition) is 0. The Labute approximate surface area is 161 Å². The largest absolute Gasteiger partial charge is 1.00 e. The second-order valence-corrected chi connectivity index (χ2v) is 12.4. The minimum atomic E-state index is -1.83. The van der Waals surface area contributed by atoms with Gasteiger partial charge in [-0.3, -0.25) is 0 Å². The summed E-state index contributed by atoms with van der Waals surface area (Å²) in [6.45, 7) is 16.3. The van der Waals surface area contributed by atoms with Crippen molar-refractivity contribution in [2.24, 2.45) is 5.92 Å². The zero-order valence-corrected chi connectivity index (χ0v) is 17.6. The molecule has 0 spiro atoms. The molecule has 0 radical (unpaired) electrons. The van der Waals surface area contributed by atoms with Crippen LogP contribution in [0.25, 0.3) is 4.98 Å². The molecule has 2 nitrogen and oxygen atoms in total. The fourth-order valence-electron chi connectivity index (χ4n) is 4.70. The van der Waals surface area contributed by atoms with Gasteiger partial charge in [-0.25, -0.2) is 0 Å². The van der Waals surface area contributed by atoms with Crippen molar-refractivity contribution in [2.75, 3.05) is 13.1 Å². The van der Waals surface area contributed by atoms with E-state index in [0.717, 1.165) is 0 Å². The Balaban J connectivity index is 0.00000208. The average Bonchev–Trinajstić information content (AvgIpc) is 2.99. The molecular weight excluding hydrogens is 303 g/mol. The van der Waals surface area contributed by atoms with Crippen LogP contribution in [0, 0.1) is 5.92 Å². The molecule has 24 heavy (non-hydrogen) atoms. The average molecular weight is 335 g/mol. The Morgan fingerprint density at radius 1 is 1.12 bits per heavy atom. The molecule has 1 aliphatic heterocycles. The summed E-state index contributed by atoms with van der Waals surface area (Å²) in [5.41, 5.74) is 4.64. The number of hydrogen-bond acceptors (Lipinski definition) is 1. The van der Waals surface area contributed by atoms with Gasteiger partial charge in [0.1, 0.15) is 0 Å². The fourth-order valence-corrected chi connectivity index (χ4v) is 8.48. The Morgan fingerprint density at radius 2 is 1.75 bits per heavy atom. The number of likely N-dealkylation sites (tertiary alicyclic amines) is 1. The maximum absolute atomic E-state index is 5.30. The van der Waals surface area contributed by atoms with Gasteiger partial charge < -0.3 is 9.88 Å². The Kier molecular flexibility index (Phi) is 5.82. The molecule has 0 aromatic rings. The quantitative estimate of drug-likeness (QED) is 0.724. The van der Waals surface area contributed by atoms with Crippen LogP contribution >= 0.6 is 0 Å². The van der Waals surface area contributed by atoms with Gasteiger partial charge in [0.2, 0.25) is 0 Å². The normalized spacial score (nSPS) is 23.9. The summed E-state index contributed by atoms with van der Waals surface area (Å²) < 4.78 is 0. The zero-order valence-electron chi connectivity index (χ0n) is 16.6. The van der Waals surface area contributed by atoms with Gasteiger partial charge in [-0.2, -0.15) is 0 Å². The van der Waals surface area contributed by atoms with Gasteiger partial charge in [0.15, 0.2) is 0 Å². The Bertz CT molecular complexity index is 614. The molecule has 2 aliphatic carbocycles. The van der Waals surface area contributed by atoms with Gasteiger partial charge in [0, 0.05) is 24.7 Å². The number of nitrogens with zero attached hydrogens (tertiary/aromatic N) is 2. The summed E-state index contributed by atoms with van der Waals surface area (Å²) in [5, 5.41) is 1.58. The maximum atomic E-state index is 5.30. The second-order valence-electron chi connectivity index (χ2n) is 8.60. The van der Waals surface area contributed by atoms with Crippen molar-refractivity contribution in [3.05, 3.63) is 51.3 Å². The van der Waals surface area contributed by atoms with E-state index in [1.54, 1.807) is 10.9 Å². The minimum absolute atomic E-state index is 0. The molecule has 0 aromatic heterocycles. The van der Waals surface area contributed by atoms with E-state index >= 15 is 0 Å². The zero-order chi connectivity index (χ0) is 16.8. The molecule has 4 heteroatoms. The number of fused-ring (bicyclic) bond motifs is 1. The van der Waals surface area contributed by atoms with E-state index in [4.69, 9.17) is 4.98 Å². The van der Waals surface area contributed by atoms with Gasteiger partial charge in [0.25, 0.3) is 0 Å². The predicted molar refractivity (Wildman–Crippen MR) is 103 cm³/mol. The SMILES string of the molecule is CC1=C(N2CCCC2)C2C=CC=CC2=C1[Si](C)(C)[N-]C(C)(C)C.[Li+]. The number of rotatable bonds is 3. The molecule has 1 heterocycles. The molecule has 0 saturated carbocycles. The van der Waals surface area contributed by atoms with Crippen LogP contribution in [0.3, 0.4) is 0 Å². The van der Waals surface area contributed by atoms with Crippen LogP contribution in [0.1, 0.15) is 40.5 Å². The van der Waals surface area contributed by atoms with Crippen molar-refractivity contribution in [2.45, 2.75) is 59.2 Å². The van der Waals surface area contributed by atoms with Crippen molar-refractivity contribution < 1.29 is 18.9 Å². The molecule has 1 fully saturated rings. The summed E-state index contributed by atoms with van der Waals surface area (Å²) in [5.74, 6) is 0.468. The van der Waals surface area contributed by atoms with Gasteiger partial charge in [-0.05, 0) is 39.1 Å². The van der Waals surface area contributed by atoms with Crippen LogP contribution in [0.15, 0.2) is 46.3 Å². The van der Waals surface area contributed by atoms with Crippen LogP contribution in [0.4, 0.5) is 0 Å². The first kappa shape index (κ1) is 19.9. The van der Waals surface area contributed by atoms with E-state index in [2.05, 4.69) is 70.0 Å². The van der Waals surface area contributed by atoms with Crippen molar-refractivity contribution in [3.8, 4) is 0 Å². The molecule has 1 saturated heterocycles. The molecular formula is C20H31LiN2Si. The van der Waals surface area contributed by atoms with Gasteiger partial charge in [-0.15, -0.1) is 5.54 Å². The van der Waals surface area contributed by atoms with Crippen molar-refractivity contribution in [1.29, 1.82) is 0 Å². The van der Waals surface area contributed by atoms with Crippen LogP contribution in [0.5, 0.6) is 0 Å². The summed E-state index contributed by atoms with van der Waals surface area (Å²) >= 11 is 0. The van der Waals surface area contributed by atoms with Gasteiger partial charge >= 0.3 is 18.9 Å².